The van der Waals surface area contributed by atoms with Gasteiger partial charge in [-0.3, -0.25) is 9.59 Å². The number of hydrogen-bond acceptors (Lipinski definition) is 4. The van der Waals surface area contributed by atoms with Crippen LogP contribution in [-0.2, 0) is 14.3 Å². The van der Waals surface area contributed by atoms with Crippen LogP contribution >= 0.6 is 0 Å². The summed E-state index contributed by atoms with van der Waals surface area (Å²) in [6, 6.07) is 6.13. The Kier molecular flexibility index (Phi) is 4.38. The fourth-order valence-corrected chi connectivity index (χ4v) is 5.27. The second-order valence-electron chi connectivity index (χ2n) is 8.35. The molecule has 0 N–H and O–H groups in total. The number of carbonyl (C=O) groups excluding carboxylic acids is 2. The fourth-order valence-electron chi connectivity index (χ4n) is 5.27. The molecule has 0 aliphatic carbocycles. The molecule has 6 nitrogen and oxygen atoms in total. The molecule has 7 heteroatoms. The number of amides is 2. The summed E-state index contributed by atoms with van der Waals surface area (Å²) in [6.07, 6.45) is 4.94. The molecule has 0 unspecified atom stereocenters. The standard InChI is InChI=1S/C22H25FN2O4/c1-2-24-13-22-9-6-17(29-22)18(19(22)21(24)27)20(26)25-10-7-15(8-11-25)28-16-5-3-4-14(23)12-16/h3-6,9,12,15,17-19H,2,7-8,10-11,13H2,1H3/t17-,18-,19-,22-/m1/s1. The molecule has 3 fully saturated rings. The van der Waals surface area contributed by atoms with Crippen LogP contribution in [-0.4, -0.2) is 65.6 Å². The maximum Gasteiger partial charge on any atom is 0.230 e. The average Bonchev–Trinajstić information content (AvgIpc) is 3.36. The molecular weight excluding hydrogens is 375 g/mol. The van der Waals surface area contributed by atoms with Crippen molar-refractivity contribution in [2.45, 2.75) is 37.6 Å². The van der Waals surface area contributed by atoms with Gasteiger partial charge < -0.3 is 19.3 Å². The van der Waals surface area contributed by atoms with Gasteiger partial charge >= 0.3 is 0 Å². The lowest BCUT2D eigenvalue weighted by Crippen LogP contribution is -2.49. The molecular formula is C22H25FN2O4. The van der Waals surface area contributed by atoms with Crippen LogP contribution in [0.25, 0.3) is 0 Å². The smallest absolute Gasteiger partial charge is 0.230 e. The number of ether oxygens (including phenoxy) is 2. The van der Waals surface area contributed by atoms with Crippen molar-refractivity contribution in [2.24, 2.45) is 11.8 Å². The minimum Gasteiger partial charge on any atom is -0.490 e. The van der Waals surface area contributed by atoms with E-state index in [2.05, 4.69) is 0 Å². The Morgan fingerprint density at radius 3 is 2.86 bits per heavy atom. The predicted octanol–water partition coefficient (Wildman–Crippen LogP) is 2.00. The van der Waals surface area contributed by atoms with Gasteiger partial charge in [0.2, 0.25) is 11.8 Å². The zero-order chi connectivity index (χ0) is 20.2. The van der Waals surface area contributed by atoms with Gasteiger partial charge in [0.1, 0.15) is 23.3 Å². The van der Waals surface area contributed by atoms with Crippen LogP contribution in [0.2, 0.25) is 0 Å². The van der Waals surface area contributed by atoms with Crippen LogP contribution in [0.5, 0.6) is 5.75 Å². The molecule has 5 rings (SSSR count). The molecule has 1 aromatic carbocycles. The van der Waals surface area contributed by atoms with E-state index < -0.39 is 17.4 Å². The summed E-state index contributed by atoms with van der Waals surface area (Å²) in [6.45, 7) is 4.25. The Balaban J connectivity index is 1.24. The summed E-state index contributed by atoms with van der Waals surface area (Å²) < 4.78 is 25.4. The summed E-state index contributed by atoms with van der Waals surface area (Å²) in [5, 5.41) is 0. The molecule has 3 saturated heterocycles. The molecule has 154 valence electrons. The van der Waals surface area contributed by atoms with E-state index in [-0.39, 0.29) is 29.8 Å². The molecule has 29 heavy (non-hydrogen) atoms. The lowest BCUT2D eigenvalue weighted by Gasteiger charge is -2.35. The lowest BCUT2D eigenvalue weighted by molar-refractivity contribution is -0.144. The van der Waals surface area contributed by atoms with E-state index in [0.717, 1.165) is 0 Å². The topological polar surface area (TPSA) is 59.1 Å². The number of rotatable bonds is 4. The normalized spacial score (nSPS) is 33.4. The van der Waals surface area contributed by atoms with E-state index in [1.54, 1.807) is 17.0 Å². The first-order valence-electron chi connectivity index (χ1n) is 10.4. The van der Waals surface area contributed by atoms with Crippen LogP contribution in [0.3, 0.4) is 0 Å². The van der Waals surface area contributed by atoms with Gasteiger partial charge in [0.05, 0.1) is 24.5 Å². The number of nitrogens with zero attached hydrogens (tertiary/aromatic N) is 2. The first-order valence-corrected chi connectivity index (χ1v) is 10.4. The first kappa shape index (κ1) is 18.6. The molecule has 2 amide bonds. The van der Waals surface area contributed by atoms with Crippen molar-refractivity contribution >= 4 is 11.8 Å². The van der Waals surface area contributed by atoms with Gasteiger partial charge in [0, 0.05) is 38.5 Å². The Morgan fingerprint density at radius 1 is 1.34 bits per heavy atom. The number of hydrogen-bond donors (Lipinski definition) is 0. The van der Waals surface area contributed by atoms with Gasteiger partial charge in [-0.2, -0.15) is 0 Å². The number of likely N-dealkylation sites (N-methyl/N-ethyl adjacent to an activating group) is 1. The van der Waals surface area contributed by atoms with Crippen LogP contribution in [0.15, 0.2) is 36.4 Å². The molecule has 4 aliphatic heterocycles. The quantitative estimate of drug-likeness (QED) is 0.726. The summed E-state index contributed by atoms with van der Waals surface area (Å²) in [7, 11) is 0. The monoisotopic (exact) mass is 400 g/mol. The van der Waals surface area contributed by atoms with Gasteiger partial charge in [-0.25, -0.2) is 4.39 Å². The van der Waals surface area contributed by atoms with Crippen molar-refractivity contribution in [3.63, 3.8) is 0 Å². The zero-order valence-electron chi connectivity index (χ0n) is 16.4. The van der Waals surface area contributed by atoms with Gasteiger partial charge in [0.25, 0.3) is 0 Å². The molecule has 4 aliphatic rings. The average molecular weight is 400 g/mol. The second-order valence-corrected chi connectivity index (χ2v) is 8.35. The number of halogens is 1. The third-order valence-corrected chi connectivity index (χ3v) is 6.70. The lowest BCUT2D eigenvalue weighted by atomic mass is 9.76. The zero-order valence-corrected chi connectivity index (χ0v) is 16.4. The highest BCUT2D eigenvalue weighted by atomic mass is 19.1. The molecule has 1 aromatic rings. The summed E-state index contributed by atoms with van der Waals surface area (Å²) in [4.78, 5) is 29.8. The van der Waals surface area contributed by atoms with Crippen LogP contribution in [0.1, 0.15) is 19.8 Å². The highest BCUT2D eigenvalue weighted by Gasteiger charge is 2.67. The number of benzene rings is 1. The van der Waals surface area contributed by atoms with Gasteiger partial charge in [-0.15, -0.1) is 0 Å². The highest BCUT2D eigenvalue weighted by molar-refractivity contribution is 5.93. The predicted molar refractivity (Wildman–Crippen MR) is 103 cm³/mol. The Morgan fingerprint density at radius 2 is 2.14 bits per heavy atom. The number of likely N-dealkylation sites (tertiary alicyclic amines) is 2. The molecule has 4 heterocycles. The maximum absolute atomic E-state index is 13.3. The van der Waals surface area contributed by atoms with E-state index in [1.807, 2.05) is 24.0 Å². The van der Waals surface area contributed by atoms with E-state index in [0.29, 0.717) is 44.8 Å². The minimum atomic E-state index is -0.628. The molecule has 0 aromatic heterocycles. The molecule has 0 saturated carbocycles. The van der Waals surface area contributed by atoms with E-state index in [9.17, 15) is 14.0 Å². The number of carbonyl (C=O) groups is 2. The van der Waals surface area contributed by atoms with Crippen LogP contribution < -0.4 is 4.74 Å². The maximum atomic E-state index is 13.3. The highest BCUT2D eigenvalue weighted by Crippen LogP contribution is 2.52. The van der Waals surface area contributed by atoms with E-state index in [1.165, 1.54) is 12.1 Å². The number of piperidine rings is 1. The van der Waals surface area contributed by atoms with Gasteiger partial charge in [-0.05, 0) is 19.1 Å². The first-order chi connectivity index (χ1) is 14.0. The van der Waals surface area contributed by atoms with Crippen molar-refractivity contribution in [3.8, 4) is 5.75 Å². The second kappa shape index (κ2) is 6.83. The summed E-state index contributed by atoms with van der Waals surface area (Å²) >= 11 is 0. The third kappa shape index (κ3) is 2.94. The number of fused-ring (bicyclic) bond motifs is 1. The third-order valence-electron chi connectivity index (χ3n) is 6.70. The van der Waals surface area contributed by atoms with Crippen LogP contribution in [0, 0.1) is 17.7 Å². The van der Waals surface area contributed by atoms with Crippen molar-refractivity contribution < 1.29 is 23.5 Å². The summed E-state index contributed by atoms with van der Waals surface area (Å²) in [5.74, 6) is -0.630. The fraction of sp³-hybridized carbons (Fsp3) is 0.545. The van der Waals surface area contributed by atoms with Crippen molar-refractivity contribution in [2.75, 3.05) is 26.2 Å². The molecule has 1 spiro atoms. The summed E-state index contributed by atoms with van der Waals surface area (Å²) in [5.41, 5.74) is -0.628. The molecule has 2 bridgehead atoms. The Bertz CT molecular complexity index is 866. The van der Waals surface area contributed by atoms with Crippen molar-refractivity contribution in [1.29, 1.82) is 0 Å². The Labute approximate surface area is 169 Å². The SMILES string of the molecule is CCN1C[C@@]23C=C[C@@H](O2)[C@@H](C(=O)N2CCC(Oc4cccc(F)c4)CC2)[C@@H]3C1=O. The van der Waals surface area contributed by atoms with E-state index >= 15 is 0 Å². The van der Waals surface area contributed by atoms with Crippen molar-refractivity contribution in [1.82, 2.24) is 9.80 Å². The van der Waals surface area contributed by atoms with Crippen molar-refractivity contribution in [3.05, 3.63) is 42.2 Å². The largest absolute Gasteiger partial charge is 0.490 e. The minimum absolute atomic E-state index is 0.00161. The molecule has 4 atom stereocenters. The van der Waals surface area contributed by atoms with Crippen LogP contribution in [0.4, 0.5) is 4.39 Å². The van der Waals surface area contributed by atoms with Gasteiger partial charge in [0.15, 0.2) is 0 Å². The Hall–Kier alpha value is -2.41. The van der Waals surface area contributed by atoms with E-state index in [4.69, 9.17) is 9.47 Å². The molecule has 0 radical (unpaired) electrons. The van der Waals surface area contributed by atoms with Gasteiger partial charge in [-0.1, -0.05) is 18.2 Å².